The molecule has 6 nitrogen and oxygen atoms in total. The maximum atomic E-state index is 11.9. The quantitative estimate of drug-likeness (QED) is 0.661. The van der Waals surface area contributed by atoms with Crippen LogP contribution >= 0.6 is 0 Å². The molecule has 0 heterocycles. The van der Waals surface area contributed by atoms with Gasteiger partial charge in [0.15, 0.2) is 0 Å². The van der Waals surface area contributed by atoms with Crippen molar-refractivity contribution in [1.29, 1.82) is 0 Å². The molecule has 0 aromatic rings. The third-order valence-electron chi connectivity index (χ3n) is 3.87. The standard InChI is InChI=1S/C13H27N3O3S/c1-3-20(18,19)16(2)9-5-8-15-13(17)11-6-4-7-12(14)10-11/h11-12H,3-10,14H2,1-2H3,(H,15,17). The molecule has 3 N–H and O–H groups in total. The third kappa shape index (κ3) is 5.38. The van der Waals surface area contributed by atoms with Gasteiger partial charge in [0.25, 0.3) is 0 Å². The number of nitrogens with one attached hydrogen (secondary N) is 1. The first-order valence-corrected chi connectivity index (χ1v) is 8.95. The first-order chi connectivity index (χ1) is 9.36. The van der Waals surface area contributed by atoms with Gasteiger partial charge in [-0.1, -0.05) is 6.42 Å². The van der Waals surface area contributed by atoms with E-state index in [0.717, 1.165) is 25.7 Å². The molecule has 20 heavy (non-hydrogen) atoms. The predicted octanol–water partition coefficient (Wildman–Crippen LogP) is 0.292. The molecule has 1 saturated carbocycles. The van der Waals surface area contributed by atoms with Gasteiger partial charge in [0.1, 0.15) is 0 Å². The first-order valence-electron chi connectivity index (χ1n) is 7.34. The summed E-state index contributed by atoms with van der Waals surface area (Å²) >= 11 is 0. The van der Waals surface area contributed by atoms with Crippen LogP contribution in [0.2, 0.25) is 0 Å². The van der Waals surface area contributed by atoms with Crippen molar-refractivity contribution in [2.75, 3.05) is 25.9 Å². The summed E-state index contributed by atoms with van der Waals surface area (Å²) in [6.45, 7) is 2.56. The highest BCUT2D eigenvalue weighted by molar-refractivity contribution is 7.89. The van der Waals surface area contributed by atoms with Gasteiger partial charge in [-0.2, -0.15) is 0 Å². The summed E-state index contributed by atoms with van der Waals surface area (Å²) in [4.78, 5) is 11.9. The molecular weight excluding hydrogens is 278 g/mol. The van der Waals surface area contributed by atoms with Crippen molar-refractivity contribution >= 4 is 15.9 Å². The van der Waals surface area contributed by atoms with Crippen molar-refractivity contribution in [3.63, 3.8) is 0 Å². The van der Waals surface area contributed by atoms with E-state index in [2.05, 4.69) is 5.32 Å². The Morgan fingerprint density at radius 2 is 2.10 bits per heavy atom. The number of amides is 1. The molecule has 0 aromatic carbocycles. The molecule has 1 fully saturated rings. The molecule has 2 unspecified atom stereocenters. The van der Waals surface area contributed by atoms with Crippen LogP contribution in [0.3, 0.4) is 0 Å². The summed E-state index contributed by atoms with van der Waals surface area (Å²) in [5.41, 5.74) is 5.87. The van der Waals surface area contributed by atoms with Gasteiger partial charge in [-0.05, 0) is 32.6 Å². The van der Waals surface area contributed by atoms with Crippen LogP contribution in [-0.4, -0.2) is 50.6 Å². The SMILES string of the molecule is CCS(=O)(=O)N(C)CCCNC(=O)C1CCCC(N)C1. The maximum absolute atomic E-state index is 11.9. The normalized spacial score (nSPS) is 23.8. The number of carbonyl (C=O) groups excluding carboxylic acids is 1. The molecule has 1 aliphatic rings. The van der Waals surface area contributed by atoms with Crippen molar-refractivity contribution in [2.24, 2.45) is 11.7 Å². The second-order valence-corrected chi connectivity index (χ2v) is 7.85. The fourth-order valence-electron chi connectivity index (χ4n) is 2.48. The highest BCUT2D eigenvalue weighted by Crippen LogP contribution is 2.22. The van der Waals surface area contributed by atoms with Crippen LogP contribution in [0.5, 0.6) is 0 Å². The van der Waals surface area contributed by atoms with Gasteiger partial charge in [-0.3, -0.25) is 4.79 Å². The minimum Gasteiger partial charge on any atom is -0.356 e. The molecule has 118 valence electrons. The van der Waals surface area contributed by atoms with Gasteiger partial charge in [0, 0.05) is 32.1 Å². The fourth-order valence-corrected chi connectivity index (χ4v) is 3.33. The zero-order valence-corrected chi connectivity index (χ0v) is 13.3. The molecule has 0 spiro atoms. The zero-order chi connectivity index (χ0) is 15.2. The van der Waals surface area contributed by atoms with Crippen LogP contribution in [0.1, 0.15) is 39.0 Å². The number of nitrogens with zero attached hydrogens (tertiary/aromatic N) is 1. The molecule has 0 radical (unpaired) electrons. The van der Waals surface area contributed by atoms with Gasteiger partial charge < -0.3 is 11.1 Å². The van der Waals surface area contributed by atoms with Crippen molar-refractivity contribution in [1.82, 2.24) is 9.62 Å². The zero-order valence-electron chi connectivity index (χ0n) is 12.5. The van der Waals surface area contributed by atoms with E-state index in [1.54, 1.807) is 14.0 Å². The number of carbonyl (C=O) groups is 1. The fraction of sp³-hybridized carbons (Fsp3) is 0.923. The Labute approximate surface area is 122 Å². The van der Waals surface area contributed by atoms with Crippen molar-refractivity contribution in [3.8, 4) is 0 Å². The Morgan fingerprint density at radius 3 is 2.70 bits per heavy atom. The van der Waals surface area contributed by atoms with Gasteiger partial charge >= 0.3 is 0 Å². The third-order valence-corrected chi connectivity index (χ3v) is 5.74. The van der Waals surface area contributed by atoms with E-state index in [1.807, 2.05) is 0 Å². The average molecular weight is 305 g/mol. The molecule has 0 aliphatic heterocycles. The summed E-state index contributed by atoms with van der Waals surface area (Å²) in [6.07, 6.45) is 4.31. The van der Waals surface area contributed by atoms with Crippen LogP contribution in [-0.2, 0) is 14.8 Å². The first kappa shape index (κ1) is 17.4. The molecule has 1 aliphatic carbocycles. The van der Waals surface area contributed by atoms with Crippen LogP contribution in [0, 0.1) is 5.92 Å². The lowest BCUT2D eigenvalue weighted by atomic mass is 9.85. The molecule has 0 saturated heterocycles. The molecule has 7 heteroatoms. The monoisotopic (exact) mass is 305 g/mol. The lowest BCUT2D eigenvalue weighted by Crippen LogP contribution is -2.39. The summed E-state index contributed by atoms with van der Waals surface area (Å²) in [5.74, 6) is 0.188. The minimum atomic E-state index is -3.12. The van der Waals surface area contributed by atoms with E-state index in [4.69, 9.17) is 5.73 Å². The number of sulfonamides is 1. The maximum Gasteiger partial charge on any atom is 0.223 e. The van der Waals surface area contributed by atoms with Crippen molar-refractivity contribution in [2.45, 2.75) is 45.1 Å². The Bertz CT molecular complexity index is 411. The molecule has 1 amide bonds. The molecule has 0 aromatic heterocycles. The second-order valence-electron chi connectivity index (χ2n) is 5.49. The van der Waals surface area contributed by atoms with Gasteiger partial charge in [-0.15, -0.1) is 0 Å². The molecule has 1 rings (SSSR count). The van der Waals surface area contributed by atoms with Crippen LogP contribution < -0.4 is 11.1 Å². The minimum absolute atomic E-state index is 0.0239. The summed E-state index contributed by atoms with van der Waals surface area (Å²) in [7, 11) is -1.55. The lowest BCUT2D eigenvalue weighted by molar-refractivity contribution is -0.126. The van der Waals surface area contributed by atoms with Crippen molar-refractivity contribution in [3.05, 3.63) is 0 Å². The van der Waals surface area contributed by atoms with Gasteiger partial charge in [0.2, 0.25) is 15.9 Å². The van der Waals surface area contributed by atoms with E-state index >= 15 is 0 Å². The number of nitrogens with two attached hydrogens (primary N) is 1. The Morgan fingerprint density at radius 1 is 1.40 bits per heavy atom. The summed E-state index contributed by atoms with van der Waals surface area (Å²) in [6, 6.07) is 0.139. The highest BCUT2D eigenvalue weighted by atomic mass is 32.2. The largest absolute Gasteiger partial charge is 0.356 e. The van der Waals surface area contributed by atoms with E-state index in [9.17, 15) is 13.2 Å². The lowest BCUT2D eigenvalue weighted by Gasteiger charge is -2.25. The highest BCUT2D eigenvalue weighted by Gasteiger charge is 2.24. The van der Waals surface area contributed by atoms with E-state index < -0.39 is 10.0 Å². The summed E-state index contributed by atoms with van der Waals surface area (Å²) < 4.78 is 24.4. The van der Waals surface area contributed by atoms with E-state index in [0.29, 0.717) is 19.5 Å². The Balaban J connectivity index is 2.22. The molecular formula is C13H27N3O3S. The number of rotatable bonds is 7. The predicted molar refractivity (Wildman–Crippen MR) is 79.7 cm³/mol. The molecule has 2 atom stereocenters. The smallest absolute Gasteiger partial charge is 0.223 e. The molecule has 0 bridgehead atoms. The Hall–Kier alpha value is -0.660. The van der Waals surface area contributed by atoms with Crippen LogP contribution in [0.15, 0.2) is 0 Å². The number of hydrogen-bond acceptors (Lipinski definition) is 4. The van der Waals surface area contributed by atoms with Crippen molar-refractivity contribution < 1.29 is 13.2 Å². The van der Waals surface area contributed by atoms with Gasteiger partial charge in [0.05, 0.1) is 5.75 Å². The van der Waals surface area contributed by atoms with Crippen LogP contribution in [0.4, 0.5) is 0 Å². The van der Waals surface area contributed by atoms with E-state index in [-0.39, 0.29) is 23.6 Å². The van der Waals surface area contributed by atoms with Crippen LogP contribution in [0.25, 0.3) is 0 Å². The summed E-state index contributed by atoms with van der Waals surface area (Å²) in [5, 5.41) is 2.88. The topological polar surface area (TPSA) is 92.5 Å². The second kappa shape index (κ2) is 7.95. The average Bonchev–Trinajstić information content (AvgIpc) is 2.42. The van der Waals surface area contributed by atoms with Gasteiger partial charge in [-0.25, -0.2) is 12.7 Å². The number of hydrogen-bond donors (Lipinski definition) is 2. The Kier molecular flexibility index (Phi) is 6.91. The van der Waals surface area contributed by atoms with E-state index in [1.165, 1.54) is 4.31 Å².